The summed E-state index contributed by atoms with van der Waals surface area (Å²) in [6.07, 6.45) is 1.69. The Morgan fingerprint density at radius 3 is 2.76 bits per heavy atom. The van der Waals surface area contributed by atoms with Crippen LogP contribution in [-0.4, -0.2) is 22.0 Å². The van der Waals surface area contributed by atoms with E-state index in [2.05, 4.69) is 15.6 Å². The molecule has 1 aromatic heterocycles. The predicted octanol–water partition coefficient (Wildman–Crippen LogP) is 1.57. The van der Waals surface area contributed by atoms with Gasteiger partial charge in [0.25, 0.3) is 0 Å². The molecule has 0 saturated carbocycles. The van der Waals surface area contributed by atoms with Gasteiger partial charge in [0.2, 0.25) is 0 Å². The van der Waals surface area contributed by atoms with E-state index in [0.29, 0.717) is 0 Å². The first-order valence-corrected chi connectivity index (χ1v) is 5.41. The number of benzene rings is 1. The number of hydrogen-bond acceptors (Lipinski definition) is 3. The molecular formula is C12H15FN4. The topological polar surface area (TPSA) is 42.7 Å². The molecule has 0 aliphatic rings. The summed E-state index contributed by atoms with van der Waals surface area (Å²) in [5.74, 6) is -0.235. The molecular weight excluding hydrogens is 219 g/mol. The third kappa shape index (κ3) is 2.19. The fraction of sp³-hybridized carbons (Fsp3) is 0.333. The maximum atomic E-state index is 13.3. The van der Waals surface area contributed by atoms with Crippen molar-refractivity contribution in [3.8, 4) is 0 Å². The van der Waals surface area contributed by atoms with Gasteiger partial charge in [0.05, 0.1) is 17.9 Å². The van der Waals surface area contributed by atoms with Gasteiger partial charge in [-0.15, -0.1) is 5.10 Å². The largest absolute Gasteiger partial charge is 0.308 e. The second-order valence-electron chi connectivity index (χ2n) is 4.01. The third-order valence-corrected chi connectivity index (χ3v) is 2.89. The molecule has 1 heterocycles. The number of nitrogens with zero attached hydrogens (tertiary/aromatic N) is 3. The first kappa shape index (κ1) is 11.7. The molecule has 0 aliphatic carbocycles. The number of aryl methyl sites for hydroxylation is 2. The Labute approximate surface area is 99.5 Å². The minimum atomic E-state index is -0.235. The zero-order valence-corrected chi connectivity index (χ0v) is 10.1. The van der Waals surface area contributed by atoms with Crippen LogP contribution < -0.4 is 5.32 Å². The molecule has 0 saturated heterocycles. The summed E-state index contributed by atoms with van der Waals surface area (Å²) in [5.41, 5.74) is 2.84. The van der Waals surface area contributed by atoms with E-state index in [1.165, 1.54) is 6.07 Å². The highest BCUT2D eigenvalue weighted by atomic mass is 19.1. The summed E-state index contributed by atoms with van der Waals surface area (Å²) >= 11 is 0. The number of halogens is 1. The molecule has 0 spiro atoms. The van der Waals surface area contributed by atoms with Gasteiger partial charge in [0, 0.05) is 7.05 Å². The lowest BCUT2D eigenvalue weighted by Crippen LogP contribution is -2.21. The van der Waals surface area contributed by atoms with Crippen LogP contribution in [0.15, 0.2) is 24.4 Å². The molecule has 1 atom stereocenters. The van der Waals surface area contributed by atoms with E-state index < -0.39 is 0 Å². The van der Waals surface area contributed by atoms with E-state index in [-0.39, 0.29) is 11.9 Å². The summed E-state index contributed by atoms with van der Waals surface area (Å²) in [5, 5.41) is 10.9. The molecule has 2 aromatic rings. The second kappa shape index (κ2) is 4.63. The highest BCUT2D eigenvalue weighted by Crippen LogP contribution is 2.24. The summed E-state index contributed by atoms with van der Waals surface area (Å²) < 4.78 is 15.0. The van der Waals surface area contributed by atoms with E-state index >= 15 is 0 Å². The van der Waals surface area contributed by atoms with Crippen LogP contribution in [0.2, 0.25) is 0 Å². The Hall–Kier alpha value is -1.75. The van der Waals surface area contributed by atoms with Gasteiger partial charge in [-0.25, -0.2) is 4.39 Å². The first-order chi connectivity index (χ1) is 8.13. The van der Waals surface area contributed by atoms with Crippen molar-refractivity contribution in [3.63, 3.8) is 0 Å². The van der Waals surface area contributed by atoms with E-state index in [9.17, 15) is 4.39 Å². The number of nitrogens with one attached hydrogen (secondary N) is 1. The van der Waals surface area contributed by atoms with Gasteiger partial charge in [-0.1, -0.05) is 11.3 Å². The first-order valence-electron chi connectivity index (χ1n) is 5.41. The molecule has 17 heavy (non-hydrogen) atoms. The highest BCUT2D eigenvalue weighted by Gasteiger charge is 2.18. The van der Waals surface area contributed by atoms with Crippen molar-refractivity contribution < 1.29 is 4.39 Å². The molecule has 0 bridgehead atoms. The van der Waals surface area contributed by atoms with Crippen LogP contribution in [0, 0.1) is 12.7 Å². The van der Waals surface area contributed by atoms with Gasteiger partial charge in [-0.3, -0.25) is 4.68 Å². The number of rotatable bonds is 3. The average Bonchev–Trinajstić information content (AvgIpc) is 2.71. The quantitative estimate of drug-likeness (QED) is 0.876. The fourth-order valence-electron chi connectivity index (χ4n) is 1.94. The molecule has 5 heteroatoms. The molecule has 0 amide bonds. The minimum absolute atomic E-state index is 0.106. The van der Waals surface area contributed by atoms with E-state index in [1.807, 2.05) is 21.0 Å². The van der Waals surface area contributed by atoms with Crippen molar-refractivity contribution in [2.24, 2.45) is 7.05 Å². The summed E-state index contributed by atoms with van der Waals surface area (Å²) in [6.45, 7) is 1.96. The van der Waals surface area contributed by atoms with Crippen molar-refractivity contribution in [3.05, 3.63) is 47.0 Å². The monoisotopic (exact) mass is 234 g/mol. The van der Waals surface area contributed by atoms with Crippen LogP contribution in [0.1, 0.15) is 22.9 Å². The normalized spacial score (nSPS) is 12.7. The summed E-state index contributed by atoms with van der Waals surface area (Å²) in [6, 6.07) is 4.68. The Kier molecular flexibility index (Phi) is 3.19. The maximum Gasteiger partial charge on any atom is 0.123 e. The molecule has 1 aromatic carbocycles. The molecule has 2 rings (SSSR count). The van der Waals surface area contributed by atoms with Gasteiger partial charge in [0.15, 0.2) is 0 Å². The SMILES string of the molecule is CNC(c1cc(F)ccc1C)c1cnnn1C. The van der Waals surface area contributed by atoms with Crippen molar-refractivity contribution in [2.75, 3.05) is 7.05 Å². The molecule has 0 fully saturated rings. The lowest BCUT2D eigenvalue weighted by molar-refractivity contribution is 0.584. The van der Waals surface area contributed by atoms with Crippen LogP contribution in [0.3, 0.4) is 0 Å². The van der Waals surface area contributed by atoms with Crippen LogP contribution in [0.4, 0.5) is 4.39 Å². The lowest BCUT2D eigenvalue weighted by Gasteiger charge is -2.18. The molecule has 90 valence electrons. The van der Waals surface area contributed by atoms with Crippen molar-refractivity contribution in [2.45, 2.75) is 13.0 Å². The van der Waals surface area contributed by atoms with E-state index in [1.54, 1.807) is 23.0 Å². The molecule has 1 unspecified atom stereocenters. The molecule has 1 N–H and O–H groups in total. The van der Waals surface area contributed by atoms with Gasteiger partial charge >= 0.3 is 0 Å². The Bertz CT molecular complexity index is 521. The molecule has 0 radical (unpaired) electrons. The van der Waals surface area contributed by atoms with Crippen molar-refractivity contribution in [1.29, 1.82) is 0 Å². The van der Waals surface area contributed by atoms with Gasteiger partial charge in [-0.2, -0.15) is 0 Å². The van der Waals surface area contributed by atoms with Crippen LogP contribution in [-0.2, 0) is 7.05 Å². The zero-order chi connectivity index (χ0) is 12.4. The summed E-state index contributed by atoms with van der Waals surface area (Å²) in [4.78, 5) is 0. The highest BCUT2D eigenvalue weighted by molar-refractivity contribution is 5.34. The number of aromatic nitrogens is 3. The van der Waals surface area contributed by atoms with Gasteiger partial charge < -0.3 is 5.32 Å². The standard InChI is InChI=1S/C12H15FN4/c1-8-4-5-9(13)6-10(8)12(14-2)11-7-15-16-17(11)3/h4-7,12,14H,1-3H3. The van der Waals surface area contributed by atoms with Gasteiger partial charge in [0.1, 0.15) is 5.82 Å². The van der Waals surface area contributed by atoms with Crippen LogP contribution in [0.25, 0.3) is 0 Å². The summed E-state index contributed by atoms with van der Waals surface area (Å²) in [7, 11) is 3.66. The smallest absolute Gasteiger partial charge is 0.123 e. The molecule has 4 nitrogen and oxygen atoms in total. The minimum Gasteiger partial charge on any atom is -0.308 e. The van der Waals surface area contributed by atoms with E-state index in [4.69, 9.17) is 0 Å². The van der Waals surface area contributed by atoms with Crippen LogP contribution >= 0.6 is 0 Å². The Morgan fingerprint density at radius 1 is 1.41 bits per heavy atom. The fourth-order valence-corrected chi connectivity index (χ4v) is 1.94. The maximum absolute atomic E-state index is 13.3. The van der Waals surface area contributed by atoms with Crippen LogP contribution in [0.5, 0.6) is 0 Å². The molecule has 0 aliphatic heterocycles. The zero-order valence-electron chi connectivity index (χ0n) is 10.1. The van der Waals surface area contributed by atoms with E-state index in [0.717, 1.165) is 16.8 Å². The average molecular weight is 234 g/mol. The Balaban J connectivity index is 2.49. The van der Waals surface area contributed by atoms with Gasteiger partial charge in [-0.05, 0) is 37.2 Å². The predicted molar refractivity (Wildman–Crippen MR) is 63.0 cm³/mol. The number of hydrogen-bond donors (Lipinski definition) is 1. The second-order valence-corrected chi connectivity index (χ2v) is 4.01. The lowest BCUT2D eigenvalue weighted by atomic mass is 9.99. The Morgan fingerprint density at radius 2 is 2.18 bits per heavy atom. The third-order valence-electron chi connectivity index (χ3n) is 2.89. The van der Waals surface area contributed by atoms with Crippen molar-refractivity contribution in [1.82, 2.24) is 20.3 Å². The van der Waals surface area contributed by atoms with Crippen molar-refractivity contribution >= 4 is 0 Å².